The summed E-state index contributed by atoms with van der Waals surface area (Å²) in [6.07, 6.45) is 5.50. The number of nitrogen functional groups attached to an aromatic ring is 1. The topological polar surface area (TPSA) is 56.2 Å². The van der Waals surface area contributed by atoms with Crippen LogP contribution >= 0.6 is 0 Å². The van der Waals surface area contributed by atoms with Gasteiger partial charge in [0.25, 0.3) is 0 Å². The van der Waals surface area contributed by atoms with Crippen LogP contribution in [-0.4, -0.2) is 14.4 Å². The number of hydrogen-bond donors (Lipinski definition) is 1. The summed E-state index contributed by atoms with van der Waals surface area (Å²) >= 11 is 0. The Kier molecular flexibility index (Phi) is 2.08. The molecule has 0 aliphatic carbocycles. The van der Waals surface area contributed by atoms with Crippen LogP contribution in [0, 0.1) is 6.92 Å². The van der Waals surface area contributed by atoms with Gasteiger partial charge in [-0.15, -0.1) is 0 Å². The van der Waals surface area contributed by atoms with E-state index in [1.165, 1.54) is 0 Å². The van der Waals surface area contributed by atoms with Crippen LogP contribution in [0.3, 0.4) is 0 Å². The highest BCUT2D eigenvalue weighted by atomic mass is 15.0. The molecule has 3 aromatic heterocycles. The van der Waals surface area contributed by atoms with Gasteiger partial charge in [0, 0.05) is 29.8 Å². The summed E-state index contributed by atoms with van der Waals surface area (Å²) in [5.41, 5.74) is 9.54. The molecule has 3 rings (SSSR count). The lowest BCUT2D eigenvalue weighted by atomic mass is 10.2. The Bertz CT molecular complexity index is 670. The van der Waals surface area contributed by atoms with Crippen molar-refractivity contribution in [3.63, 3.8) is 0 Å². The molecule has 2 N–H and O–H groups in total. The van der Waals surface area contributed by atoms with Gasteiger partial charge in [-0.3, -0.25) is 9.38 Å². The zero-order valence-corrected chi connectivity index (χ0v) is 9.46. The number of rotatable bonds is 1. The smallest absolute Gasteiger partial charge is 0.146 e. The summed E-state index contributed by atoms with van der Waals surface area (Å²) < 4.78 is 2.03. The summed E-state index contributed by atoms with van der Waals surface area (Å²) in [7, 11) is 0. The maximum atomic E-state index is 5.79. The average molecular weight is 224 g/mol. The molecule has 0 saturated heterocycles. The van der Waals surface area contributed by atoms with Gasteiger partial charge < -0.3 is 5.73 Å². The highest BCUT2D eigenvalue weighted by molar-refractivity contribution is 5.67. The molecule has 0 saturated carbocycles. The van der Waals surface area contributed by atoms with Crippen LogP contribution in [0.5, 0.6) is 0 Å². The summed E-state index contributed by atoms with van der Waals surface area (Å²) in [6.45, 7) is 1.98. The molecule has 3 aromatic rings. The number of aryl methyl sites for hydroxylation is 1. The van der Waals surface area contributed by atoms with Crippen LogP contribution in [-0.2, 0) is 0 Å². The Morgan fingerprint density at radius 1 is 1.29 bits per heavy atom. The minimum Gasteiger partial charge on any atom is -0.399 e. The molecule has 17 heavy (non-hydrogen) atoms. The van der Waals surface area contributed by atoms with Crippen LogP contribution in [0.4, 0.5) is 5.69 Å². The van der Waals surface area contributed by atoms with Gasteiger partial charge in [0.05, 0.1) is 11.2 Å². The number of anilines is 1. The minimum atomic E-state index is 0.748. The lowest BCUT2D eigenvalue weighted by Crippen LogP contribution is -1.91. The second-order valence-corrected chi connectivity index (χ2v) is 3.98. The molecule has 4 heteroatoms. The summed E-state index contributed by atoms with van der Waals surface area (Å²) in [6, 6.07) is 7.71. The number of hydrogen-bond acceptors (Lipinski definition) is 3. The van der Waals surface area contributed by atoms with Gasteiger partial charge in [-0.1, -0.05) is 0 Å². The van der Waals surface area contributed by atoms with Crippen molar-refractivity contribution < 1.29 is 0 Å². The van der Waals surface area contributed by atoms with Crippen LogP contribution < -0.4 is 5.73 Å². The van der Waals surface area contributed by atoms with Gasteiger partial charge in [-0.2, -0.15) is 0 Å². The maximum absolute atomic E-state index is 5.79. The predicted octanol–water partition coefficient (Wildman–Crippen LogP) is 2.29. The molecule has 0 unspecified atom stereocenters. The molecule has 0 aliphatic rings. The van der Waals surface area contributed by atoms with Crippen molar-refractivity contribution in [3.05, 3.63) is 48.5 Å². The van der Waals surface area contributed by atoms with Crippen molar-refractivity contribution in [3.8, 4) is 11.4 Å². The molecular formula is C13H12N4. The van der Waals surface area contributed by atoms with E-state index >= 15 is 0 Å². The number of imidazole rings is 1. The number of aromatic nitrogens is 3. The Morgan fingerprint density at radius 2 is 2.18 bits per heavy atom. The van der Waals surface area contributed by atoms with E-state index in [2.05, 4.69) is 9.97 Å². The van der Waals surface area contributed by atoms with Crippen LogP contribution in [0.2, 0.25) is 0 Å². The second-order valence-electron chi connectivity index (χ2n) is 3.98. The number of fused-ring (bicyclic) bond motifs is 1. The van der Waals surface area contributed by atoms with Crippen LogP contribution in [0.15, 0.2) is 42.9 Å². The first-order chi connectivity index (χ1) is 8.25. The SMILES string of the molecule is Cc1nc(-c2cccnc2)n2ccc(N)cc12. The lowest BCUT2D eigenvalue weighted by Gasteiger charge is -2.01. The van der Waals surface area contributed by atoms with E-state index in [4.69, 9.17) is 5.73 Å². The molecule has 0 amide bonds. The fourth-order valence-electron chi connectivity index (χ4n) is 1.95. The van der Waals surface area contributed by atoms with E-state index in [1.807, 2.05) is 48.0 Å². The van der Waals surface area contributed by atoms with Crippen molar-refractivity contribution in [1.29, 1.82) is 0 Å². The van der Waals surface area contributed by atoms with Gasteiger partial charge in [0.1, 0.15) is 5.82 Å². The van der Waals surface area contributed by atoms with E-state index in [-0.39, 0.29) is 0 Å². The van der Waals surface area contributed by atoms with Gasteiger partial charge >= 0.3 is 0 Å². The highest BCUT2D eigenvalue weighted by Crippen LogP contribution is 2.22. The monoisotopic (exact) mass is 224 g/mol. The number of nitrogens with zero attached hydrogens (tertiary/aromatic N) is 3. The van der Waals surface area contributed by atoms with E-state index in [9.17, 15) is 0 Å². The Balaban J connectivity index is 2.32. The lowest BCUT2D eigenvalue weighted by molar-refractivity contribution is 1.15. The molecule has 84 valence electrons. The van der Waals surface area contributed by atoms with Crippen molar-refractivity contribution in [2.24, 2.45) is 0 Å². The Labute approximate surface area is 98.8 Å². The third kappa shape index (κ3) is 1.54. The standard InChI is InChI=1S/C13H12N4/c1-9-12-7-11(14)4-6-17(12)13(16-9)10-3-2-5-15-8-10/h2-8H,14H2,1H3. The van der Waals surface area contributed by atoms with E-state index < -0.39 is 0 Å². The van der Waals surface area contributed by atoms with Crippen molar-refractivity contribution in [2.45, 2.75) is 6.92 Å². The molecule has 0 aliphatic heterocycles. The molecule has 0 atom stereocenters. The molecule has 0 aromatic carbocycles. The van der Waals surface area contributed by atoms with Crippen molar-refractivity contribution >= 4 is 11.2 Å². The Morgan fingerprint density at radius 3 is 2.94 bits per heavy atom. The maximum Gasteiger partial charge on any atom is 0.146 e. The molecule has 0 fully saturated rings. The number of nitrogens with two attached hydrogens (primary N) is 1. The molecule has 4 nitrogen and oxygen atoms in total. The van der Waals surface area contributed by atoms with Gasteiger partial charge in [0.2, 0.25) is 0 Å². The molecular weight excluding hydrogens is 212 g/mol. The van der Waals surface area contributed by atoms with Gasteiger partial charge in [-0.25, -0.2) is 4.98 Å². The fraction of sp³-hybridized carbons (Fsp3) is 0.0769. The molecule has 0 bridgehead atoms. The first-order valence-corrected chi connectivity index (χ1v) is 5.40. The van der Waals surface area contributed by atoms with E-state index in [1.54, 1.807) is 6.20 Å². The van der Waals surface area contributed by atoms with Gasteiger partial charge in [0.15, 0.2) is 0 Å². The van der Waals surface area contributed by atoms with E-state index in [0.29, 0.717) is 0 Å². The van der Waals surface area contributed by atoms with Crippen LogP contribution in [0.1, 0.15) is 5.69 Å². The molecule has 0 radical (unpaired) electrons. The third-order valence-corrected chi connectivity index (χ3v) is 2.77. The average Bonchev–Trinajstić information content (AvgIpc) is 2.68. The van der Waals surface area contributed by atoms with Crippen molar-refractivity contribution in [1.82, 2.24) is 14.4 Å². The predicted molar refractivity (Wildman–Crippen MR) is 67.6 cm³/mol. The summed E-state index contributed by atoms with van der Waals surface area (Å²) in [5, 5.41) is 0. The highest BCUT2D eigenvalue weighted by Gasteiger charge is 2.09. The van der Waals surface area contributed by atoms with Gasteiger partial charge in [-0.05, 0) is 31.2 Å². The number of pyridine rings is 2. The first-order valence-electron chi connectivity index (χ1n) is 5.40. The normalized spacial score (nSPS) is 10.9. The first kappa shape index (κ1) is 9.84. The van der Waals surface area contributed by atoms with Crippen LogP contribution in [0.25, 0.3) is 16.9 Å². The zero-order chi connectivity index (χ0) is 11.8. The fourth-order valence-corrected chi connectivity index (χ4v) is 1.95. The zero-order valence-electron chi connectivity index (χ0n) is 9.46. The second kappa shape index (κ2) is 3.59. The summed E-state index contributed by atoms with van der Waals surface area (Å²) in [4.78, 5) is 8.69. The molecule has 0 spiro atoms. The Hall–Kier alpha value is -2.36. The van der Waals surface area contributed by atoms with E-state index in [0.717, 1.165) is 28.3 Å². The largest absolute Gasteiger partial charge is 0.399 e. The minimum absolute atomic E-state index is 0.748. The quantitative estimate of drug-likeness (QED) is 0.690. The van der Waals surface area contributed by atoms with Crippen molar-refractivity contribution in [2.75, 3.05) is 5.73 Å². The molecule has 3 heterocycles. The summed E-state index contributed by atoms with van der Waals surface area (Å²) in [5.74, 6) is 0.894. The third-order valence-electron chi connectivity index (χ3n) is 2.77.